The number of hydrogen-bond acceptors (Lipinski definition) is 6. The lowest BCUT2D eigenvalue weighted by Gasteiger charge is -2.11. The van der Waals surface area contributed by atoms with Crippen molar-refractivity contribution >= 4 is 40.0 Å². The summed E-state index contributed by atoms with van der Waals surface area (Å²) in [7, 11) is 0. The molecular weight excluding hydrogens is 434 g/mol. The summed E-state index contributed by atoms with van der Waals surface area (Å²) in [4.78, 5) is 27.4. The average molecular weight is 452 g/mol. The first-order valence-corrected chi connectivity index (χ1v) is 10.0. The van der Waals surface area contributed by atoms with E-state index >= 15 is 0 Å². The molecule has 0 fully saturated rings. The molecule has 0 aliphatic carbocycles. The molecule has 1 aromatic heterocycles. The third kappa shape index (κ3) is 4.40. The maximum atomic E-state index is 12.5. The number of aryl methyl sites for hydroxylation is 2. The van der Waals surface area contributed by atoms with E-state index in [1.165, 1.54) is 18.2 Å². The molecule has 1 amide bonds. The molecule has 0 atom stereocenters. The highest BCUT2D eigenvalue weighted by atomic mass is 35.5. The normalized spacial score (nSPS) is 10.8. The zero-order valence-electron chi connectivity index (χ0n) is 17.2. The first-order valence-electron chi connectivity index (χ1n) is 9.65. The second-order valence-corrected chi connectivity index (χ2v) is 7.56. The second-order valence-electron chi connectivity index (χ2n) is 7.18. The SMILES string of the molecule is Cc1cc(OCC(=O)Nc2ccccc2-c2nc3cc([N+](=O)[O-])ccc3o2)cc(C)c1Cl. The van der Waals surface area contributed by atoms with E-state index in [9.17, 15) is 14.9 Å². The minimum atomic E-state index is -0.494. The zero-order chi connectivity index (χ0) is 22.8. The van der Waals surface area contributed by atoms with E-state index < -0.39 is 4.92 Å². The quantitative estimate of drug-likeness (QED) is 0.298. The third-order valence-electron chi connectivity index (χ3n) is 4.79. The van der Waals surface area contributed by atoms with Crippen LogP contribution in [0.2, 0.25) is 5.02 Å². The number of non-ortho nitro benzene ring substituents is 1. The average Bonchev–Trinajstić information content (AvgIpc) is 3.19. The summed E-state index contributed by atoms with van der Waals surface area (Å²) in [5.74, 6) is 0.420. The number of nitro groups is 1. The van der Waals surface area contributed by atoms with Crippen LogP contribution >= 0.6 is 11.6 Å². The Hall–Kier alpha value is -3.91. The lowest BCUT2D eigenvalue weighted by Crippen LogP contribution is -2.20. The molecule has 0 unspecified atom stereocenters. The fourth-order valence-electron chi connectivity index (χ4n) is 3.25. The molecule has 0 saturated heterocycles. The Morgan fingerprint density at radius 1 is 1.16 bits per heavy atom. The molecule has 0 aliphatic rings. The van der Waals surface area contributed by atoms with Crippen molar-refractivity contribution < 1.29 is 18.9 Å². The summed E-state index contributed by atoms with van der Waals surface area (Å²) < 4.78 is 11.4. The molecule has 32 heavy (non-hydrogen) atoms. The predicted molar refractivity (Wildman–Crippen MR) is 121 cm³/mol. The van der Waals surface area contributed by atoms with Crippen molar-refractivity contribution in [1.29, 1.82) is 0 Å². The summed E-state index contributed by atoms with van der Waals surface area (Å²) in [6, 6.07) is 14.7. The largest absolute Gasteiger partial charge is 0.484 e. The monoisotopic (exact) mass is 451 g/mol. The molecule has 162 valence electrons. The number of amides is 1. The number of carbonyl (C=O) groups excluding carboxylic acids is 1. The van der Waals surface area contributed by atoms with Crippen molar-refractivity contribution in [3.05, 3.63) is 80.9 Å². The van der Waals surface area contributed by atoms with Crippen LogP contribution in [-0.4, -0.2) is 22.4 Å². The van der Waals surface area contributed by atoms with Gasteiger partial charge in [-0.05, 0) is 55.3 Å². The summed E-state index contributed by atoms with van der Waals surface area (Å²) in [5, 5.41) is 14.5. The van der Waals surface area contributed by atoms with E-state index in [1.807, 2.05) is 13.8 Å². The number of nitrogens with one attached hydrogen (secondary N) is 1. The van der Waals surface area contributed by atoms with Crippen molar-refractivity contribution in [3.63, 3.8) is 0 Å². The number of ether oxygens (including phenoxy) is 1. The van der Waals surface area contributed by atoms with Crippen molar-refractivity contribution in [2.75, 3.05) is 11.9 Å². The van der Waals surface area contributed by atoms with E-state index in [0.717, 1.165) is 11.1 Å². The van der Waals surface area contributed by atoms with Gasteiger partial charge >= 0.3 is 0 Å². The number of nitrogens with zero attached hydrogens (tertiary/aromatic N) is 2. The number of para-hydroxylation sites is 1. The Kier molecular flexibility index (Phi) is 5.79. The molecule has 0 saturated carbocycles. The van der Waals surface area contributed by atoms with Gasteiger partial charge in [0, 0.05) is 17.2 Å². The number of carbonyl (C=O) groups is 1. The Bertz CT molecular complexity index is 1330. The van der Waals surface area contributed by atoms with Gasteiger partial charge in [0.2, 0.25) is 5.89 Å². The van der Waals surface area contributed by atoms with Crippen LogP contribution in [0.5, 0.6) is 5.75 Å². The number of anilines is 1. The summed E-state index contributed by atoms with van der Waals surface area (Å²) in [6.07, 6.45) is 0. The van der Waals surface area contributed by atoms with Crippen LogP contribution < -0.4 is 10.1 Å². The molecule has 4 rings (SSSR count). The summed E-state index contributed by atoms with van der Waals surface area (Å²) >= 11 is 6.17. The van der Waals surface area contributed by atoms with Crippen LogP contribution in [-0.2, 0) is 4.79 Å². The van der Waals surface area contributed by atoms with Crippen LogP contribution in [0, 0.1) is 24.0 Å². The molecule has 9 heteroatoms. The van der Waals surface area contributed by atoms with Crippen LogP contribution in [0.1, 0.15) is 11.1 Å². The van der Waals surface area contributed by atoms with E-state index in [4.69, 9.17) is 20.8 Å². The predicted octanol–water partition coefficient (Wildman–Crippen LogP) is 5.69. The molecule has 0 radical (unpaired) electrons. The Morgan fingerprint density at radius 3 is 2.59 bits per heavy atom. The van der Waals surface area contributed by atoms with Crippen molar-refractivity contribution in [2.45, 2.75) is 13.8 Å². The molecule has 3 aromatic carbocycles. The summed E-state index contributed by atoms with van der Waals surface area (Å²) in [5.41, 5.74) is 3.43. The van der Waals surface area contributed by atoms with Gasteiger partial charge in [-0.3, -0.25) is 14.9 Å². The topological polar surface area (TPSA) is 108 Å². The number of halogens is 1. The number of benzene rings is 3. The van der Waals surface area contributed by atoms with Crippen LogP contribution in [0.4, 0.5) is 11.4 Å². The fourth-order valence-corrected chi connectivity index (χ4v) is 3.36. The highest BCUT2D eigenvalue weighted by molar-refractivity contribution is 6.32. The molecule has 0 aliphatic heterocycles. The van der Waals surface area contributed by atoms with Crippen LogP contribution in [0.15, 0.2) is 59.0 Å². The van der Waals surface area contributed by atoms with E-state index in [0.29, 0.717) is 33.1 Å². The molecule has 4 aromatic rings. The van der Waals surface area contributed by atoms with Crippen LogP contribution in [0.25, 0.3) is 22.6 Å². The first-order chi connectivity index (χ1) is 15.3. The highest BCUT2D eigenvalue weighted by Gasteiger charge is 2.16. The number of oxazole rings is 1. The van der Waals surface area contributed by atoms with Gasteiger partial charge in [0.15, 0.2) is 12.2 Å². The molecule has 1 N–H and O–H groups in total. The second kappa shape index (κ2) is 8.68. The number of fused-ring (bicyclic) bond motifs is 1. The molecule has 1 heterocycles. The van der Waals surface area contributed by atoms with Gasteiger partial charge in [-0.25, -0.2) is 4.98 Å². The van der Waals surface area contributed by atoms with Gasteiger partial charge < -0.3 is 14.5 Å². The Labute approximate surface area is 187 Å². The van der Waals surface area contributed by atoms with Crippen molar-refractivity contribution in [3.8, 4) is 17.2 Å². The lowest BCUT2D eigenvalue weighted by atomic mass is 10.1. The molecule has 8 nitrogen and oxygen atoms in total. The van der Waals surface area contributed by atoms with Gasteiger partial charge in [-0.2, -0.15) is 0 Å². The standard InChI is InChI=1S/C23H18ClN3O5/c1-13-9-16(10-14(2)22(13)24)31-12-21(28)25-18-6-4-3-5-17(18)23-26-19-11-15(27(29)30)7-8-20(19)32-23/h3-11H,12H2,1-2H3,(H,25,28). The van der Waals surface area contributed by atoms with Crippen LogP contribution in [0.3, 0.4) is 0 Å². The Balaban J connectivity index is 1.53. The molecule has 0 spiro atoms. The van der Waals surface area contributed by atoms with E-state index in [2.05, 4.69) is 10.3 Å². The Morgan fingerprint density at radius 2 is 1.88 bits per heavy atom. The minimum Gasteiger partial charge on any atom is -0.484 e. The van der Waals surface area contributed by atoms with Crippen molar-refractivity contribution in [1.82, 2.24) is 4.98 Å². The zero-order valence-corrected chi connectivity index (χ0v) is 18.0. The number of nitro benzene ring substituents is 1. The maximum Gasteiger partial charge on any atom is 0.271 e. The van der Waals surface area contributed by atoms with E-state index in [-0.39, 0.29) is 24.1 Å². The van der Waals surface area contributed by atoms with E-state index in [1.54, 1.807) is 36.4 Å². The lowest BCUT2D eigenvalue weighted by molar-refractivity contribution is -0.384. The van der Waals surface area contributed by atoms with Gasteiger partial charge in [0.05, 0.1) is 16.2 Å². The fraction of sp³-hybridized carbons (Fsp3) is 0.130. The first kappa shape index (κ1) is 21.3. The molecular formula is C23H18ClN3O5. The smallest absolute Gasteiger partial charge is 0.271 e. The highest BCUT2D eigenvalue weighted by Crippen LogP contribution is 2.31. The van der Waals surface area contributed by atoms with Gasteiger partial charge in [0.25, 0.3) is 11.6 Å². The van der Waals surface area contributed by atoms with Gasteiger partial charge in [-0.15, -0.1) is 0 Å². The third-order valence-corrected chi connectivity index (χ3v) is 5.39. The molecule has 0 bridgehead atoms. The van der Waals surface area contributed by atoms with Gasteiger partial charge in [0.1, 0.15) is 11.3 Å². The van der Waals surface area contributed by atoms with Gasteiger partial charge in [-0.1, -0.05) is 23.7 Å². The maximum absolute atomic E-state index is 12.5. The minimum absolute atomic E-state index is 0.0799. The number of hydrogen-bond donors (Lipinski definition) is 1. The number of rotatable bonds is 6. The number of aromatic nitrogens is 1. The summed E-state index contributed by atoms with van der Waals surface area (Å²) in [6.45, 7) is 3.54. The van der Waals surface area contributed by atoms with Crippen molar-refractivity contribution in [2.24, 2.45) is 0 Å².